The first-order valence-corrected chi connectivity index (χ1v) is 7.27. The molecule has 0 bridgehead atoms. The van der Waals surface area contributed by atoms with Crippen LogP contribution in [0, 0.1) is 0 Å². The summed E-state index contributed by atoms with van der Waals surface area (Å²) in [6.45, 7) is 2.04. The van der Waals surface area contributed by atoms with Gasteiger partial charge in [-0.2, -0.15) is 0 Å². The molecular weight excluding hydrogens is 234 g/mol. The van der Waals surface area contributed by atoms with Crippen LogP contribution in [0.2, 0.25) is 0 Å². The van der Waals surface area contributed by atoms with Crippen molar-refractivity contribution in [3.63, 3.8) is 0 Å². The van der Waals surface area contributed by atoms with Gasteiger partial charge in [-0.05, 0) is 24.6 Å². The zero-order valence-corrected chi connectivity index (χ0v) is 10.7. The number of aromatic nitrogens is 2. The van der Waals surface area contributed by atoms with Crippen LogP contribution in [0.15, 0.2) is 18.2 Å². The topological polar surface area (TPSA) is 71.8 Å². The predicted octanol–water partition coefficient (Wildman–Crippen LogP) is 1.85. The van der Waals surface area contributed by atoms with E-state index in [2.05, 4.69) is 9.97 Å². The number of nitrogens with zero attached hydrogens (tertiary/aromatic N) is 1. The number of nitrogens with two attached hydrogens (primary N) is 1. The van der Waals surface area contributed by atoms with Gasteiger partial charge in [0, 0.05) is 34.4 Å². The summed E-state index contributed by atoms with van der Waals surface area (Å²) >= 11 is 0. The SMILES string of the molecule is CCCS(=O)CCc1nc2ccc(N)cc2[nH]1. The summed E-state index contributed by atoms with van der Waals surface area (Å²) < 4.78 is 11.5. The van der Waals surface area contributed by atoms with Crippen LogP contribution in [-0.2, 0) is 17.2 Å². The van der Waals surface area contributed by atoms with Gasteiger partial charge in [0.2, 0.25) is 0 Å². The number of fused-ring (bicyclic) bond motifs is 1. The molecule has 5 heteroatoms. The Balaban J connectivity index is 2.07. The number of anilines is 1. The van der Waals surface area contributed by atoms with Crippen LogP contribution >= 0.6 is 0 Å². The van der Waals surface area contributed by atoms with Gasteiger partial charge >= 0.3 is 0 Å². The van der Waals surface area contributed by atoms with Crippen molar-refractivity contribution >= 4 is 27.5 Å². The van der Waals surface area contributed by atoms with E-state index < -0.39 is 10.8 Å². The van der Waals surface area contributed by atoms with Crippen LogP contribution < -0.4 is 5.73 Å². The first-order chi connectivity index (χ1) is 8.19. The Bertz CT molecular complexity index is 536. The Labute approximate surface area is 103 Å². The lowest BCUT2D eigenvalue weighted by atomic mass is 10.3. The molecule has 0 amide bonds. The number of nitrogens with one attached hydrogen (secondary N) is 1. The number of rotatable bonds is 5. The lowest BCUT2D eigenvalue weighted by Crippen LogP contribution is -2.05. The molecule has 0 aliphatic heterocycles. The van der Waals surface area contributed by atoms with E-state index in [1.54, 1.807) is 0 Å². The highest BCUT2D eigenvalue weighted by atomic mass is 32.2. The van der Waals surface area contributed by atoms with Crippen molar-refractivity contribution in [3.05, 3.63) is 24.0 Å². The molecule has 0 aliphatic carbocycles. The highest BCUT2D eigenvalue weighted by molar-refractivity contribution is 7.84. The van der Waals surface area contributed by atoms with Gasteiger partial charge < -0.3 is 10.7 Å². The van der Waals surface area contributed by atoms with Crippen LogP contribution in [0.3, 0.4) is 0 Å². The van der Waals surface area contributed by atoms with Crippen molar-refractivity contribution in [1.29, 1.82) is 0 Å². The second kappa shape index (κ2) is 5.31. The van der Waals surface area contributed by atoms with Gasteiger partial charge in [-0.3, -0.25) is 4.21 Å². The lowest BCUT2D eigenvalue weighted by Gasteiger charge is -1.97. The van der Waals surface area contributed by atoms with E-state index in [1.165, 1.54) is 0 Å². The number of H-pyrrole nitrogens is 1. The average molecular weight is 251 g/mol. The molecule has 0 saturated carbocycles. The minimum Gasteiger partial charge on any atom is -0.399 e. The standard InChI is InChI=1S/C12H17N3OS/c1-2-6-17(16)7-5-12-14-10-4-3-9(13)8-11(10)15-12/h3-4,8H,2,5-7,13H2,1H3,(H,14,15). The zero-order chi connectivity index (χ0) is 12.3. The maximum atomic E-state index is 11.5. The van der Waals surface area contributed by atoms with Gasteiger partial charge in [-0.15, -0.1) is 0 Å². The van der Waals surface area contributed by atoms with E-state index in [1.807, 2.05) is 25.1 Å². The van der Waals surface area contributed by atoms with E-state index in [-0.39, 0.29) is 0 Å². The summed E-state index contributed by atoms with van der Waals surface area (Å²) in [6, 6.07) is 5.60. The maximum Gasteiger partial charge on any atom is 0.108 e. The number of aryl methyl sites for hydroxylation is 1. The Morgan fingerprint density at radius 3 is 3.00 bits per heavy atom. The average Bonchev–Trinajstić information content (AvgIpc) is 2.68. The van der Waals surface area contributed by atoms with E-state index in [4.69, 9.17) is 5.73 Å². The number of nitrogen functional groups attached to an aromatic ring is 1. The third-order valence-electron chi connectivity index (χ3n) is 2.55. The Morgan fingerprint density at radius 2 is 2.24 bits per heavy atom. The monoisotopic (exact) mass is 251 g/mol. The molecule has 3 N–H and O–H groups in total. The minimum atomic E-state index is -0.731. The number of aromatic amines is 1. The van der Waals surface area contributed by atoms with Crippen LogP contribution in [0.1, 0.15) is 19.2 Å². The molecule has 1 atom stereocenters. The van der Waals surface area contributed by atoms with Gasteiger partial charge in [-0.1, -0.05) is 6.92 Å². The summed E-state index contributed by atoms with van der Waals surface area (Å²) in [5.41, 5.74) is 8.28. The van der Waals surface area contributed by atoms with E-state index in [0.717, 1.165) is 41.1 Å². The molecule has 1 heterocycles. The molecule has 0 fully saturated rings. The smallest absolute Gasteiger partial charge is 0.108 e. The summed E-state index contributed by atoms with van der Waals surface area (Å²) in [5, 5.41) is 0. The third-order valence-corrected chi connectivity index (χ3v) is 4.08. The lowest BCUT2D eigenvalue weighted by molar-refractivity contribution is 0.680. The van der Waals surface area contributed by atoms with Crippen molar-refractivity contribution in [3.8, 4) is 0 Å². The van der Waals surface area contributed by atoms with Crippen molar-refractivity contribution in [2.45, 2.75) is 19.8 Å². The second-order valence-corrected chi connectivity index (χ2v) is 5.75. The highest BCUT2D eigenvalue weighted by Crippen LogP contribution is 2.15. The largest absolute Gasteiger partial charge is 0.399 e. The highest BCUT2D eigenvalue weighted by Gasteiger charge is 2.05. The minimum absolute atomic E-state index is 0.670. The first-order valence-electron chi connectivity index (χ1n) is 5.78. The number of hydrogen-bond acceptors (Lipinski definition) is 3. The molecular formula is C12H17N3OS. The van der Waals surface area contributed by atoms with Gasteiger partial charge in [0.25, 0.3) is 0 Å². The summed E-state index contributed by atoms with van der Waals surface area (Å²) in [6.07, 6.45) is 1.68. The molecule has 0 spiro atoms. The van der Waals surface area contributed by atoms with Crippen molar-refractivity contribution in [2.24, 2.45) is 0 Å². The fraction of sp³-hybridized carbons (Fsp3) is 0.417. The summed E-state index contributed by atoms with van der Waals surface area (Å²) in [4.78, 5) is 7.65. The quantitative estimate of drug-likeness (QED) is 0.797. The van der Waals surface area contributed by atoms with Crippen LogP contribution in [0.25, 0.3) is 11.0 Å². The zero-order valence-electron chi connectivity index (χ0n) is 9.90. The Kier molecular flexibility index (Phi) is 3.78. The molecule has 2 rings (SSSR count). The van der Waals surface area contributed by atoms with Gasteiger partial charge in [0.1, 0.15) is 5.82 Å². The predicted molar refractivity (Wildman–Crippen MR) is 72.4 cm³/mol. The molecule has 17 heavy (non-hydrogen) atoms. The Morgan fingerprint density at radius 1 is 1.41 bits per heavy atom. The molecule has 1 aromatic heterocycles. The van der Waals surface area contributed by atoms with Crippen LogP contribution in [-0.4, -0.2) is 25.7 Å². The maximum absolute atomic E-state index is 11.5. The molecule has 1 unspecified atom stereocenters. The molecule has 0 radical (unpaired) electrons. The Hall–Kier alpha value is -1.36. The summed E-state index contributed by atoms with van der Waals surface area (Å²) in [5.74, 6) is 2.33. The van der Waals surface area contributed by atoms with Crippen LogP contribution in [0.4, 0.5) is 5.69 Å². The van der Waals surface area contributed by atoms with E-state index >= 15 is 0 Å². The second-order valence-electron chi connectivity index (χ2n) is 4.06. The van der Waals surface area contributed by atoms with Gasteiger partial charge in [-0.25, -0.2) is 4.98 Å². The van der Waals surface area contributed by atoms with Crippen molar-refractivity contribution < 1.29 is 4.21 Å². The summed E-state index contributed by atoms with van der Waals surface area (Å²) in [7, 11) is -0.731. The molecule has 2 aromatic rings. The van der Waals surface area contributed by atoms with Gasteiger partial charge in [0.05, 0.1) is 11.0 Å². The van der Waals surface area contributed by atoms with Crippen LogP contribution in [0.5, 0.6) is 0 Å². The number of imidazole rings is 1. The third kappa shape index (κ3) is 3.06. The first kappa shape index (κ1) is 12.1. The number of hydrogen-bond donors (Lipinski definition) is 2. The molecule has 1 aromatic carbocycles. The number of benzene rings is 1. The normalized spacial score (nSPS) is 13.0. The molecule has 0 aliphatic rings. The molecule has 0 saturated heterocycles. The van der Waals surface area contributed by atoms with Crippen molar-refractivity contribution in [2.75, 3.05) is 17.2 Å². The van der Waals surface area contributed by atoms with E-state index in [0.29, 0.717) is 5.75 Å². The fourth-order valence-electron chi connectivity index (χ4n) is 1.74. The molecule has 92 valence electrons. The fourth-order valence-corrected chi connectivity index (χ4v) is 2.82. The molecule has 4 nitrogen and oxygen atoms in total. The van der Waals surface area contributed by atoms with Gasteiger partial charge in [0.15, 0.2) is 0 Å². The van der Waals surface area contributed by atoms with E-state index in [9.17, 15) is 4.21 Å². The van der Waals surface area contributed by atoms with Crippen molar-refractivity contribution in [1.82, 2.24) is 9.97 Å².